The minimum absolute atomic E-state index is 0.427. The maximum atomic E-state index is 5.71. The van der Waals surface area contributed by atoms with Gasteiger partial charge in [-0.15, -0.1) is 0 Å². The van der Waals surface area contributed by atoms with Gasteiger partial charge < -0.3 is 5.32 Å². The molecule has 1 heterocycles. The van der Waals surface area contributed by atoms with Crippen LogP contribution in [0.15, 0.2) is 10.8 Å². The normalized spacial score (nSPS) is 9.73. The fourth-order valence-corrected chi connectivity index (χ4v) is 1.12. The first-order valence-electron chi connectivity index (χ1n) is 3.15. The van der Waals surface area contributed by atoms with E-state index >= 15 is 0 Å². The zero-order valence-electron chi connectivity index (χ0n) is 5.93. The number of aromatic nitrogens is 2. The van der Waals surface area contributed by atoms with Crippen LogP contribution in [-0.4, -0.2) is 16.5 Å². The van der Waals surface area contributed by atoms with Gasteiger partial charge in [0.2, 0.25) is 0 Å². The summed E-state index contributed by atoms with van der Waals surface area (Å²) in [6, 6.07) is 0. The number of hydrogen-bond acceptors (Lipinski definition) is 3. The Balaban J connectivity index is 2.96. The van der Waals surface area contributed by atoms with E-state index in [0.29, 0.717) is 9.63 Å². The van der Waals surface area contributed by atoms with Crippen molar-refractivity contribution < 1.29 is 0 Å². The molecule has 0 aliphatic rings. The van der Waals surface area contributed by atoms with Gasteiger partial charge in [-0.1, -0.05) is 11.6 Å². The standard InChI is InChI=1S/C6H7BrClN3/c1-2-9-6-4(7)5(8)10-3-11-6/h3H,2H2,1H3,(H,9,10,11). The monoisotopic (exact) mass is 235 g/mol. The van der Waals surface area contributed by atoms with E-state index in [2.05, 4.69) is 31.2 Å². The number of rotatable bonds is 2. The summed E-state index contributed by atoms with van der Waals surface area (Å²) in [5.41, 5.74) is 0. The zero-order chi connectivity index (χ0) is 8.27. The van der Waals surface area contributed by atoms with E-state index in [9.17, 15) is 0 Å². The molecule has 0 aliphatic heterocycles. The molecule has 0 aliphatic carbocycles. The molecule has 60 valence electrons. The van der Waals surface area contributed by atoms with Crippen LogP contribution in [0.3, 0.4) is 0 Å². The molecule has 0 spiro atoms. The van der Waals surface area contributed by atoms with Crippen LogP contribution in [0.1, 0.15) is 6.92 Å². The first-order chi connectivity index (χ1) is 5.25. The third-order valence-electron chi connectivity index (χ3n) is 1.09. The van der Waals surface area contributed by atoms with E-state index in [0.717, 1.165) is 12.4 Å². The van der Waals surface area contributed by atoms with Gasteiger partial charge in [0.15, 0.2) is 0 Å². The Kier molecular flexibility index (Phi) is 3.08. The maximum absolute atomic E-state index is 5.71. The second-order valence-corrected chi connectivity index (χ2v) is 3.01. The topological polar surface area (TPSA) is 37.8 Å². The lowest BCUT2D eigenvalue weighted by Gasteiger charge is -2.03. The van der Waals surface area contributed by atoms with Crippen LogP contribution in [-0.2, 0) is 0 Å². The van der Waals surface area contributed by atoms with Crippen molar-refractivity contribution in [3.63, 3.8) is 0 Å². The summed E-state index contributed by atoms with van der Waals surface area (Å²) in [5.74, 6) is 0.729. The summed E-state index contributed by atoms with van der Waals surface area (Å²) in [6.07, 6.45) is 1.42. The van der Waals surface area contributed by atoms with Gasteiger partial charge >= 0.3 is 0 Å². The molecule has 0 fully saturated rings. The summed E-state index contributed by atoms with van der Waals surface area (Å²) in [5, 5.41) is 3.46. The second-order valence-electron chi connectivity index (χ2n) is 1.86. The van der Waals surface area contributed by atoms with E-state index in [1.54, 1.807) is 0 Å². The molecular formula is C6H7BrClN3. The van der Waals surface area contributed by atoms with Crippen LogP contribution in [0.4, 0.5) is 5.82 Å². The first-order valence-corrected chi connectivity index (χ1v) is 4.32. The van der Waals surface area contributed by atoms with Crippen molar-refractivity contribution in [3.05, 3.63) is 16.0 Å². The van der Waals surface area contributed by atoms with Gasteiger partial charge in [-0.05, 0) is 22.9 Å². The highest BCUT2D eigenvalue weighted by Crippen LogP contribution is 2.25. The number of nitrogens with one attached hydrogen (secondary N) is 1. The molecular weight excluding hydrogens is 229 g/mol. The second kappa shape index (κ2) is 3.88. The zero-order valence-corrected chi connectivity index (χ0v) is 8.28. The summed E-state index contributed by atoms with van der Waals surface area (Å²) in [4.78, 5) is 7.76. The first kappa shape index (κ1) is 8.74. The lowest BCUT2D eigenvalue weighted by atomic mass is 10.5. The molecule has 3 nitrogen and oxygen atoms in total. The smallest absolute Gasteiger partial charge is 0.148 e. The Hall–Kier alpha value is -0.350. The number of hydrogen-bond donors (Lipinski definition) is 1. The molecule has 1 aromatic rings. The number of nitrogens with zero attached hydrogens (tertiary/aromatic N) is 2. The van der Waals surface area contributed by atoms with Crippen molar-refractivity contribution in [2.24, 2.45) is 0 Å². The van der Waals surface area contributed by atoms with Crippen molar-refractivity contribution in [1.29, 1.82) is 0 Å². The fourth-order valence-electron chi connectivity index (χ4n) is 0.639. The van der Waals surface area contributed by atoms with Gasteiger partial charge in [0.1, 0.15) is 17.3 Å². The molecule has 0 unspecified atom stereocenters. The Morgan fingerprint density at radius 2 is 2.36 bits per heavy atom. The summed E-state index contributed by atoms with van der Waals surface area (Å²) < 4.78 is 0.712. The SMILES string of the molecule is CCNc1ncnc(Cl)c1Br. The average molecular weight is 236 g/mol. The van der Waals surface area contributed by atoms with Gasteiger partial charge in [-0.25, -0.2) is 9.97 Å². The van der Waals surface area contributed by atoms with Crippen LogP contribution in [0.25, 0.3) is 0 Å². The van der Waals surface area contributed by atoms with Crippen molar-refractivity contribution in [1.82, 2.24) is 9.97 Å². The third kappa shape index (κ3) is 2.04. The Bertz CT molecular complexity index is 254. The predicted molar refractivity (Wildman–Crippen MR) is 48.9 cm³/mol. The van der Waals surface area contributed by atoms with Crippen molar-refractivity contribution >= 4 is 33.3 Å². The van der Waals surface area contributed by atoms with Crippen molar-refractivity contribution in [2.45, 2.75) is 6.92 Å². The van der Waals surface area contributed by atoms with E-state index in [4.69, 9.17) is 11.6 Å². The molecule has 0 bridgehead atoms. The molecule has 5 heteroatoms. The van der Waals surface area contributed by atoms with Gasteiger partial charge in [0.05, 0.1) is 4.47 Å². The predicted octanol–water partition coefficient (Wildman–Crippen LogP) is 2.32. The molecule has 0 saturated heterocycles. The highest BCUT2D eigenvalue weighted by atomic mass is 79.9. The Labute approximate surface area is 78.3 Å². The minimum Gasteiger partial charge on any atom is -0.369 e. The largest absolute Gasteiger partial charge is 0.369 e. The average Bonchev–Trinajstić information content (AvgIpc) is 1.99. The van der Waals surface area contributed by atoms with Crippen LogP contribution < -0.4 is 5.32 Å². The van der Waals surface area contributed by atoms with Gasteiger partial charge in [0, 0.05) is 6.54 Å². The Morgan fingerprint density at radius 1 is 1.64 bits per heavy atom. The molecule has 0 aromatic carbocycles. The lowest BCUT2D eigenvalue weighted by molar-refractivity contribution is 1.10. The van der Waals surface area contributed by atoms with Gasteiger partial charge in [-0.2, -0.15) is 0 Å². The maximum Gasteiger partial charge on any atom is 0.148 e. The van der Waals surface area contributed by atoms with E-state index in [1.807, 2.05) is 6.92 Å². The molecule has 1 aromatic heterocycles. The van der Waals surface area contributed by atoms with Crippen LogP contribution >= 0.6 is 27.5 Å². The van der Waals surface area contributed by atoms with E-state index < -0.39 is 0 Å². The number of halogens is 2. The van der Waals surface area contributed by atoms with Crippen LogP contribution in [0, 0.1) is 0 Å². The highest BCUT2D eigenvalue weighted by molar-refractivity contribution is 9.10. The summed E-state index contributed by atoms with van der Waals surface area (Å²) >= 11 is 8.97. The summed E-state index contributed by atoms with van der Waals surface area (Å²) in [7, 11) is 0. The fraction of sp³-hybridized carbons (Fsp3) is 0.333. The van der Waals surface area contributed by atoms with Crippen molar-refractivity contribution in [3.8, 4) is 0 Å². The van der Waals surface area contributed by atoms with E-state index in [-0.39, 0.29) is 0 Å². The van der Waals surface area contributed by atoms with Crippen molar-refractivity contribution in [2.75, 3.05) is 11.9 Å². The lowest BCUT2D eigenvalue weighted by Crippen LogP contribution is -2.00. The molecule has 0 atom stereocenters. The summed E-state index contributed by atoms with van der Waals surface area (Å²) in [6.45, 7) is 2.80. The molecule has 0 radical (unpaired) electrons. The minimum atomic E-state index is 0.427. The quantitative estimate of drug-likeness (QED) is 0.801. The molecule has 0 amide bonds. The molecule has 1 rings (SSSR count). The Morgan fingerprint density at radius 3 is 3.00 bits per heavy atom. The molecule has 0 saturated carbocycles. The number of anilines is 1. The van der Waals surface area contributed by atoms with Gasteiger partial charge in [-0.3, -0.25) is 0 Å². The van der Waals surface area contributed by atoms with Crippen LogP contribution in [0.5, 0.6) is 0 Å². The third-order valence-corrected chi connectivity index (χ3v) is 2.36. The van der Waals surface area contributed by atoms with E-state index in [1.165, 1.54) is 6.33 Å². The molecule has 1 N–H and O–H groups in total. The molecule has 11 heavy (non-hydrogen) atoms. The highest BCUT2D eigenvalue weighted by Gasteiger charge is 2.03. The van der Waals surface area contributed by atoms with Gasteiger partial charge in [0.25, 0.3) is 0 Å². The van der Waals surface area contributed by atoms with Crippen LogP contribution in [0.2, 0.25) is 5.15 Å².